The zero-order valence-electron chi connectivity index (χ0n) is 10.9. The molecule has 0 aliphatic carbocycles. The smallest absolute Gasteiger partial charge is 0.263 e. The van der Waals surface area contributed by atoms with E-state index in [1.54, 1.807) is 0 Å². The fraction of sp³-hybridized carbons (Fsp3) is 0.0714. The lowest BCUT2D eigenvalue weighted by Crippen LogP contribution is -2.36. The predicted molar refractivity (Wildman–Crippen MR) is 81.6 cm³/mol. The molecule has 0 aliphatic rings. The number of nitrogens with zero attached hydrogens (tertiary/aromatic N) is 2. The van der Waals surface area contributed by atoms with Crippen LogP contribution in [0, 0.1) is 0 Å². The number of hydrogen-bond acceptors (Lipinski definition) is 5. The molecule has 0 saturated heterocycles. The van der Waals surface area contributed by atoms with Gasteiger partial charge in [0.1, 0.15) is 11.4 Å². The fourth-order valence-electron chi connectivity index (χ4n) is 2.11. The maximum atomic E-state index is 12.5. The second kappa shape index (κ2) is 5.47. The SMILES string of the molecule is NNC(=O)Cn1cnc2scc(-c3ccccc3)c2c1=O. The number of fused-ring (bicyclic) bond motifs is 1. The van der Waals surface area contributed by atoms with Crippen molar-refractivity contribution in [3.05, 3.63) is 52.4 Å². The average molecular weight is 300 g/mol. The lowest BCUT2D eigenvalue weighted by molar-refractivity contribution is -0.121. The van der Waals surface area contributed by atoms with Gasteiger partial charge in [0.25, 0.3) is 11.5 Å². The second-order valence-electron chi connectivity index (χ2n) is 4.44. The summed E-state index contributed by atoms with van der Waals surface area (Å²) in [5.74, 6) is 4.60. The molecule has 0 spiro atoms. The number of rotatable bonds is 3. The van der Waals surface area contributed by atoms with Gasteiger partial charge in [-0.2, -0.15) is 0 Å². The van der Waals surface area contributed by atoms with Crippen LogP contribution in [-0.4, -0.2) is 15.5 Å². The molecule has 2 heterocycles. The van der Waals surface area contributed by atoms with Crippen LogP contribution in [0.25, 0.3) is 21.3 Å². The Hall–Kier alpha value is -2.51. The van der Waals surface area contributed by atoms with E-state index in [0.29, 0.717) is 10.2 Å². The van der Waals surface area contributed by atoms with Crippen LogP contribution in [0.2, 0.25) is 0 Å². The monoisotopic (exact) mass is 300 g/mol. The molecule has 0 atom stereocenters. The number of amides is 1. The van der Waals surface area contributed by atoms with Crippen molar-refractivity contribution in [1.82, 2.24) is 15.0 Å². The van der Waals surface area contributed by atoms with E-state index in [2.05, 4.69) is 4.98 Å². The third kappa shape index (κ3) is 2.44. The normalized spacial score (nSPS) is 10.7. The van der Waals surface area contributed by atoms with Gasteiger partial charge in [-0.05, 0) is 5.56 Å². The van der Waals surface area contributed by atoms with Gasteiger partial charge in [-0.25, -0.2) is 10.8 Å². The standard InChI is InChI=1S/C14H12N4O2S/c15-17-11(19)6-18-8-16-13-12(14(18)20)10(7-21-13)9-4-2-1-3-5-9/h1-5,7-8H,6,15H2,(H,17,19). The van der Waals surface area contributed by atoms with Gasteiger partial charge >= 0.3 is 0 Å². The number of thiophene rings is 1. The minimum Gasteiger partial charge on any atom is -0.293 e. The van der Waals surface area contributed by atoms with Gasteiger partial charge in [0.2, 0.25) is 0 Å². The molecular weight excluding hydrogens is 288 g/mol. The summed E-state index contributed by atoms with van der Waals surface area (Å²) in [7, 11) is 0. The summed E-state index contributed by atoms with van der Waals surface area (Å²) >= 11 is 1.41. The number of nitrogens with two attached hydrogens (primary N) is 1. The maximum absolute atomic E-state index is 12.5. The van der Waals surface area contributed by atoms with Crippen LogP contribution in [-0.2, 0) is 11.3 Å². The highest BCUT2D eigenvalue weighted by Gasteiger charge is 2.14. The van der Waals surface area contributed by atoms with Crippen molar-refractivity contribution in [3.8, 4) is 11.1 Å². The van der Waals surface area contributed by atoms with Gasteiger partial charge in [0, 0.05) is 10.9 Å². The first-order chi connectivity index (χ1) is 10.2. The molecule has 6 nitrogen and oxygen atoms in total. The van der Waals surface area contributed by atoms with E-state index in [4.69, 9.17) is 5.84 Å². The Morgan fingerprint density at radius 1 is 1.33 bits per heavy atom. The molecule has 7 heteroatoms. The minimum absolute atomic E-state index is 0.150. The van der Waals surface area contributed by atoms with E-state index in [0.717, 1.165) is 11.1 Å². The van der Waals surface area contributed by atoms with E-state index in [9.17, 15) is 9.59 Å². The van der Waals surface area contributed by atoms with Crippen LogP contribution in [0.1, 0.15) is 0 Å². The number of benzene rings is 1. The molecule has 3 aromatic rings. The van der Waals surface area contributed by atoms with Crippen molar-refractivity contribution in [2.24, 2.45) is 5.84 Å². The third-order valence-electron chi connectivity index (χ3n) is 3.12. The molecule has 0 bridgehead atoms. The highest BCUT2D eigenvalue weighted by Crippen LogP contribution is 2.30. The first-order valence-electron chi connectivity index (χ1n) is 6.22. The van der Waals surface area contributed by atoms with Crippen LogP contribution in [0.15, 0.2) is 46.8 Å². The van der Waals surface area contributed by atoms with Crippen molar-refractivity contribution in [2.45, 2.75) is 6.54 Å². The highest BCUT2D eigenvalue weighted by molar-refractivity contribution is 7.17. The van der Waals surface area contributed by atoms with E-state index in [1.807, 2.05) is 41.1 Å². The van der Waals surface area contributed by atoms with E-state index in [-0.39, 0.29) is 12.1 Å². The maximum Gasteiger partial charge on any atom is 0.263 e. The molecule has 0 fully saturated rings. The Morgan fingerprint density at radius 2 is 2.10 bits per heavy atom. The number of nitrogens with one attached hydrogen (secondary N) is 1. The van der Waals surface area contributed by atoms with E-state index < -0.39 is 5.91 Å². The molecule has 0 unspecified atom stereocenters. The first kappa shape index (κ1) is 13.5. The summed E-state index contributed by atoms with van der Waals surface area (Å²) in [5.41, 5.74) is 3.54. The van der Waals surface area contributed by atoms with Crippen molar-refractivity contribution in [3.63, 3.8) is 0 Å². The third-order valence-corrected chi connectivity index (χ3v) is 4.01. The molecule has 106 valence electrons. The Kier molecular flexibility index (Phi) is 3.51. The number of hydrazine groups is 1. The van der Waals surface area contributed by atoms with Crippen molar-refractivity contribution >= 4 is 27.5 Å². The van der Waals surface area contributed by atoms with Crippen molar-refractivity contribution in [1.29, 1.82) is 0 Å². The minimum atomic E-state index is -0.449. The summed E-state index contributed by atoms with van der Waals surface area (Å²) in [6, 6.07) is 9.61. The summed E-state index contributed by atoms with van der Waals surface area (Å²) in [6.45, 7) is -0.150. The summed E-state index contributed by atoms with van der Waals surface area (Å²) in [5, 5.41) is 2.43. The molecule has 1 amide bonds. The molecule has 0 saturated carbocycles. The molecule has 21 heavy (non-hydrogen) atoms. The first-order valence-corrected chi connectivity index (χ1v) is 7.10. The largest absolute Gasteiger partial charge is 0.293 e. The Balaban J connectivity index is 2.18. The van der Waals surface area contributed by atoms with Crippen LogP contribution < -0.4 is 16.8 Å². The van der Waals surface area contributed by atoms with Crippen LogP contribution in [0.3, 0.4) is 0 Å². The zero-order chi connectivity index (χ0) is 14.8. The molecule has 3 N–H and O–H groups in total. The van der Waals surface area contributed by atoms with Gasteiger partial charge in [-0.1, -0.05) is 30.3 Å². The second-order valence-corrected chi connectivity index (χ2v) is 5.30. The topological polar surface area (TPSA) is 90.0 Å². The number of carbonyl (C=O) groups is 1. The highest BCUT2D eigenvalue weighted by atomic mass is 32.1. The van der Waals surface area contributed by atoms with Crippen molar-refractivity contribution in [2.75, 3.05) is 0 Å². The molecule has 1 aromatic carbocycles. The molecule has 0 aliphatic heterocycles. The fourth-order valence-corrected chi connectivity index (χ4v) is 3.02. The Bertz CT molecular complexity index is 854. The quantitative estimate of drug-likeness (QED) is 0.431. The summed E-state index contributed by atoms with van der Waals surface area (Å²) in [6.07, 6.45) is 1.37. The molecule has 3 rings (SSSR count). The number of carbonyl (C=O) groups excluding carboxylic acids is 1. The molecule has 0 radical (unpaired) electrons. The van der Waals surface area contributed by atoms with Crippen LogP contribution in [0.5, 0.6) is 0 Å². The predicted octanol–water partition coefficient (Wildman–Crippen LogP) is 1.11. The van der Waals surface area contributed by atoms with Crippen LogP contribution >= 0.6 is 11.3 Å². The van der Waals surface area contributed by atoms with Gasteiger partial charge in [0.15, 0.2) is 0 Å². The number of hydrogen-bond donors (Lipinski definition) is 2. The van der Waals surface area contributed by atoms with Gasteiger partial charge in [0.05, 0.1) is 11.7 Å². The number of aromatic nitrogens is 2. The summed E-state index contributed by atoms with van der Waals surface area (Å²) in [4.78, 5) is 28.8. The molecular formula is C14H12N4O2S. The Labute approximate surface area is 123 Å². The average Bonchev–Trinajstić information content (AvgIpc) is 2.95. The van der Waals surface area contributed by atoms with E-state index >= 15 is 0 Å². The van der Waals surface area contributed by atoms with Crippen molar-refractivity contribution < 1.29 is 4.79 Å². The van der Waals surface area contributed by atoms with Crippen LogP contribution in [0.4, 0.5) is 0 Å². The lowest BCUT2D eigenvalue weighted by Gasteiger charge is -2.05. The summed E-state index contributed by atoms with van der Waals surface area (Å²) < 4.78 is 1.25. The molecule has 2 aromatic heterocycles. The van der Waals surface area contributed by atoms with E-state index in [1.165, 1.54) is 22.2 Å². The van der Waals surface area contributed by atoms with Gasteiger partial charge in [-0.15, -0.1) is 11.3 Å². The Morgan fingerprint density at radius 3 is 2.81 bits per heavy atom. The zero-order valence-corrected chi connectivity index (χ0v) is 11.8. The van der Waals surface area contributed by atoms with Gasteiger partial charge in [-0.3, -0.25) is 19.6 Å². The lowest BCUT2D eigenvalue weighted by atomic mass is 10.1. The van der Waals surface area contributed by atoms with Gasteiger partial charge < -0.3 is 0 Å².